The fourth-order valence-corrected chi connectivity index (χ4v) is 7.97. The van der Waals surface area contributed by atoms with E-state index in [-0.39, 0.29) is 17.9 Å². The molecule has 38 heavy (non-hydrogen) atoms. The van der Waals surface area contributed by atoms with Crippen molar-refractivity contribution in [2.24, 2.45) is 17.8 Å². The maximum atomic E-state index is 13.1. The number of carbonyl (C=O) groups excluding carboxylic acids is 1. The minimum absolute atomic E-state index is 0.179. The Hall–Kier alpha value is -2.65. The molecule has 0 radical (unpaired) electrons. The second-order valence-electron chi connectivity index (χ2n) is 11.9. The number of carbonyl (C=O) groups is 1. The van der Waals surface area contributed by atoms with Crippen LogP contribution >= 0.6 is 0 Å². The Labute approximate surface area is 224 Å². The van der Waals surface area contributed by atoms with Crippen molar-refractivity contribution in [3.05, 3.63) is 53.6 Å². The second-order valence-corrected chi connectivity index (χ2v) is 11.9. The maximum absolute atomic E-state index is 13.1. The Morgan fingerprint density at radius 2 is 1.87 bits per heavy atom. The number of hydrazine groups is 1. The van der Waals surface area contributed by atoms with Gasteiger partial charge in [-0.15, -0.1) is 0 Å². The Balaban J connectivity index is 0.994. The number of hydrogen-bond acceptors (Lipinski definition) is 7. The van der Waals surface area contributed by atoms with Crippen LogP contribution in [0.4, 0.5) is 11.4 Å². The van der Waals surface area contributed by atoms with Gasteiger partial charge in [0.1, 0.15) is 5.75 Å². The molecule has 0 aromatic heterocycles. The summed E-state index contributed by atoms with van der Waals surface area (Å²) >= 11 is 0. The topological polar surface area (TPSA) is 89.1 Å². The number of aliphatic hydroxyl groups is 1. The minimum atomic E-state index is -0.355. The molecule has 8 heteroatoms. The van der Waals surface area contributed by atoms with Gasteiger partial charge in [0.25, 0.3) is 0 Å². The van der Waals surface area contributed by atoms with Gasteiger partial charge >= 0.3 is 0 Å². The number of benzene rings is 2. The van der Waals surface area contributed by atoms with Crippen LogP contribution in [0.3, 0.4) is 0 Å². The van der Waals surface area contributed by atoms with E-state index in [2.05, 4.69) is 56.3 Å². The molecule has 2 aliphatic carbocycles. The normalized spacial score (nSPS) is 34.2. The predicted molar refractivity (Wildman–Crippen MR) is 147 cm³/mol. The van der Waals surface area contributed by atoms with Gasteiger partial charge in [0, 0.05) is 50.1 Å². The number of piperazine rings is 1. The molecule has 8 nitrogen and oxygen atoms in total. The van der Waals surface area contributed by atoms with Crippen LogP contribution in [-0.2, 0) is 10.2 Å². The summed E-state index contributed by atoms with van der Waals surface area (Å²) in [6.45, 7) is 5.03. The van der Waals surface area contributed by atoms with Crippen molar-refractivity contribution in [2.75, 3.05) is 56.7 Å². The molecule has 4 unspecified atom stereocenters. The Bertz CT molecular complexity index is 1200. The smallest absolute Gasteiger partial charge is 0.235 e. The molecule has 1 spiro atoms. The molecule has 4 fully saturated rings. The highest BCUT2D eigenvalue weighted by Crippen LogP contribution is 2.65. The number of nitrogens with one attached hydrogen (secondary N) is 3. The summed E-state index contributed by atoms with van der Waals surface area (Å²) in [5.74, 6) is 2.54. The number of fused-ring (bicyclic) bond motifs is 3. The first-order valence-electron chi connectivity index (χ1n) is 14.3. The lowest BCUT2D eigenvalue weighted by Gasteiger charge is -2.36. The lowest BCUT2D eigenvalue weighted by Crippen LogP contribution is -2.47. The van der Waals surface area contributed by atoms with E-state index in [9.17, 15) is 9.90 Å². The van der Waals surface area contributed by atoms with E-state index in [1.165, 1.54) is 24.1 Å². The van der Waals surface area contributed by atoms with E-state index in [0.29, 0.717) is 29.8 Å². The van der Waals surface area contributed by atoms with Crippen molar-refractivity contribution >= 4 is 17.3 Å². The summed E-state index contributed by atoms with van der Waals surface area (Å²) < 4.78 is 5.47. The summed E-state index contributed by atoms with van der Waals surface area (Å²) in [6.07, 6.45) is 4.42. The van der Waals surface area contributed by atoms with Crippen molar-refractivity contribution in [3.8, 4) is 5.75 Å². The predicted octanol–water partition coefficient (Wildman–Crippen LogP) is 2.65. The molecule has 2 saturated heterocycles. The van der Waals surface area contributed by atoms with Crippen LogP contribution in [-0.4, -0.2) is 68.4 Å². The number of nitrogens with zero attached hydrogens (tertiary/aromatic N) is 2. The molecule has 7 rings (SSSR count). The number of amides is 1. The number of anilines is 2. The number of ether oxygens (including phenoxy) is 1. The maximum Gasteiger partial charge on any atom is 0.235 e. The molecular formula is C30H39N5O3. The minimum Gasteiger partial charge on any atom is -0.497 e. The highest BCUT2D eigenvalue weighted by molar-refractivity contribution is 6.09. The van der Waals surface area contributed by atoms with Crippen LogP contribution in [0.25, 0.3) is 0 Å². The Morgan fingerprint density at radius 3 is 2.63 bits per heavy atom. The van der Waals surface area contributed by atoms with Crippen LogP contribution in [0.2, 0.25) is 0 Å². The lowest BCUT2D eigenvalue weighted by atomic mass is 9.72. The van der Waals surface area contributed by atoms with Gasteiger partial charge in [-0.25, -0.2) is 5.43 Å². The van der Waals surface area contributed by atoms with Crippen LogP contribution in [0.5, 0.6) is 5.75 Å². The standard InChI is InChI=1S/C30H39N5O3/c1-38-22-7-9-26-24(17-22)30(29(37)31-26)18-25(30)20-4-8-23-27(16-20)32-33-28(23)19-2-5-21(6-3-19)35-12-10-34(11-13-35)14-15-36/h2-3,5-7,9,17,20,23,25,27-28,32-33,36H,4,8,10-16,18H2,1H3,(H,31,37)/t20?,23?,25-,27?,28?,30-/m0/s1. The molecule has 0 bridgehead atoms. The molecule has 1 amide bonds. The van der Waals surface area contributed by atoms with Gasteiger partial charge in [-0.2, -0.15) is 0 Å². The van der Waals surface area contributed by atoms with Crippen molar-refractivity contribution in [3.63, 3.8) is 0 Å². The summed E-state index contributed by atoms with van der Waals surface area (Å²) in [5.41, 5.74) is 11.6. The monoisotopic (exact) mass is 517 g/mol. The van der Waals surface area contributed by atoms with Crippen molar-refractivity contribution < 1.29 is 14.6 Å². The van der Waals surface area contributed by atoms with E-state index in [0.717, 1.165) is 62.6 Å². The third-order valence-electron chi connectivity index (χ3n) is 10.1. The molecule has 5 aliphatic rings. The first-order chi connectivity index (χ1) is 18.6. The van der Waals surface area contributed by atoms with Gasteiger partial charge < -0.3 is 20.1 Å². The number of β-amino-alcohol motifs (C(OH)–C–C–N with tert-alkyl or cyclic N) is 1. The van der Waals surface area contributed by atoms with Crippen molar-refractivity contribution in [2.45, 2.75) is 43.2 Å². The number of aliphatic hydroxyl groups excluding tert-OH is 1. The van der Waals surface area contributed by atoms with Gasteiger partial charge in [0.05, 0.1) is 25.2 Å². The zero-order chi connectivity index (χ0) is 25.9. The second kappa shape index (κ2) is 9.52. The van der Waals surface area contributed by atoms with Crippen molar-refractivity contribution in [1.82, 2.24) is 15.8 Å². The molecule has 2 aromatic rings. The molecule has 3 aliphatic heterocycles. The molecule has 4 N–H and O–H groups in total. The van der Waals surface area contributed by atoms with Crippen LogP contribution in [0, 0.1) is 17.8 Å². The summed E-state index contributed by atoms with van der Waals surface area (Å²) in [4.78, 5) is 17.9. The number of methoxy groups -OCH3 is 1. The van der Waals surface area contributed by atoms with Gasteiger partial charge in [0.2, 0.25) is 5.91 Å². The average Bonchev–Trinajstić information content (AvgIpc) is 3.48. The van der Waals surface area contributed by atoms with E-state index in [4.69, 9.17) is 4.74 Å². The van der Waals surface area contributed by atoms with E-state index < -0.39 is 0 Å². The third-order valence-corrected chi connectivity index (χ3v) is 10.1. The van der Waals surface area contributed by atoms with Crippen LogP contribution in [0.1, 0.15) is 42.9 Å². The van der Waals surface area contributed by atoms with Gasteiger partial charge in [-0.3, -0.25) is 15.1 Å². The molecule has 2 saturated carbocycles. The van der Waals surface area contributed by atoms with Gasteiger partial charge in [-0.1, -0.05) is 12.1 Å². The molecule has 202 valence electrons. The number of hydrogen-bond donors (Lipinski definition) is 4. The molecule has 3 heterocycles. The van der Waals surface area contributed by atoms with E-state index in [1.807, 2.05) is 12.1 Å². The summed E-state index contributed by atoms with van der Waals surface area (Å²) in [5, 5.41) is 12.3. The van der Waals surface area contributed by atoms with E-state index in [1.54, 1.807) is 7.11 Å². The molecule has 2 aromatic carbocycles. The Kier molecular flexibility index (Phi) is 6.11. The fourth-order valence-electron chi connectivity index (χ4n) is 7.97. The Morgan fingerprint density at radius 1 is 1.05 bits per heavy atom. The summed E-state index contributed by atoms with van der Waals surface area (Å²) in [7, 11) is 1.69. The zero-order valence-corrected chi connectivity index (χ0v) is 22.2. The zero-order valence-electron chi connectivity index (χ0n) is 22.2. The largest absolute Gasteiger partial charge is 0.497 e. The van der Waals surface area contributed by atoms with Crippen LogP contribution in [0.15, 0.2) is 42.5 Å². The first kappa shape index (κ1) is 24.4. The number of rotatable bonds is 6. The third kappa shape index (κ3) is 3.92. The lowest BCUT2D eigenvalue weighted by molar-refractivity contribution is -0.118. The SMILES string of the molecule is COc1ccc2c(c1)[C@]1(C[C@H]1C1CCC3C(C1)NNC3c1ccc(N3CCN(CCO)CC3)cc1)C(=O)N2. The quantitative estimate of drug-likeness (QED) is 0.469. The first-order valence-corrected chi connectivity index (χ1v) is 14.3. The highest BCUT2D eigenvalue weighted by atomic mass is 16.5. The van der Waals surface area contributed by atoms with Gasteiger partial charge in [0.15, 0.2) is 0 Å². The van der Waals surface area contributed by atoms with Gasteiger partial charge in [-0.05, 0) is 84.9 Å². The summed E-state index contributed by atoms with van der Waals surface area (Å²) in [6, 6.07) is 15.9. The van der Waals surface area contributed by atoms with E-state index >= 15 is 0 Å². The van der Waals surface area contributed by atoms with Crippen molar-refractivity contribution in [1.29, 1.82) is 0 Å². The molecular weight excluding hydrogens is 478 g/mol. The highest BCUT2D eigenvalue weighted by Gasteiger charge is 2.67. The van der Waals surface area contributed by atoms with Crippen LogP contribution < -0.4 is 25.8 Å². The molecule has 6 atom stereocenters. The fraction of sp³-hybridized carbons (Fsp3) is 0.567. The average molecular weight is 518 g/mol.